The Bertz CT molecular complexity index is 535. The van der Waals surface area contributed by atoms with E-state index in [0.29, 0.717) is 29.4 Å². The van der Waals surface area contributed by atoms with Gasteiger partial charge in [-0.25, -0.2) is 9.97 Å². The number of aromatic nitrogens is 2. The van der Waals surface area contributed by atoms with Crippen molar-refractivity contribution >= 4 is 11.9 Å². The third-order valence-electron chi connectivity index (χ3n) is 4.83. The van der Waals surface area contributed by atoms with Crippen molar-refractivity contribution in [2.75, 3.05) is 11.9 Å². The molecule has 2 aliphatic carbocycles. The Kier molecular flexibility index (Phi) is 4.57. The molecule has 1 aromatic rings. The van der Waals surface area contributed by atoms with Gasteiger partial charge in [-0.2, -0.15) is 0 Å². The highest BCUT2D eigenvalue weighted by Gasteiger charge is 2.25. The number of hydrogen-bond acceptors (Lipinski definition) is 5. The topological polar surface area (TPSA) is 107 Å². The van der Waals surface area contributed by atoms with Gasteiger partial charge < -0.3 is 16.8 Å². The highest BCUT2D eigenvalue weighted by molar-refractivity contribution is 5.93. The number of amides is 1. The lowest BCUT2D eigenvalue weighted by atomic mass is 9.79. The molecule has 1 aromatic heterocycles. The monoisotopic (exact) mass is 303 g/mol. The molecular formula is C16H25N5O. The first-order valence-corrected chi connectivity index (χ1v) is 8.28. The Labute approximate surface area is 131 Å². The van der Waals surface area contributed by atoms with Crippen LogP contribution in [0.1, 0.15) is 54.6 Å². The first-order chi connectivity index (χ1) is 10.7. The minimum atomic E-state index is -0.441. The maximum Gasteiger partial charge on any atom is 0.252 e. The Morgan fingerprint density at radius 2 is 1.86 bits per heavy atom. The molecule has 1 heterocycles. The third-order valence-corrected chi connectivity index (χ3v) is 4.83. The minimum Gasteiger partial charge on any atom is -0.365 e. The molecule has 0 unspecified atom stereocenters. The fraction of sp³-hybridized carbons (Fsp3) is 0.688. The lowest BCUT2D eigenvalue weighted by Gasteiger charge is -2.27. The highest BCUT2D eigenvalue weighted by Crippen LogP contribution is 2.31. The Balaban J connectivity index is 1.70. The number of anilines is 1. The second-order valence-corrected chi connectivity index (χ2v) is 6.66. The van der Waals surface area contributed by atoms with E-state index in [1.807, 2.05) is 0 Å². The van der Waals surface area contributed by atoms with Crippen LogP contribution < -0.4 is 16.8 Å². The van der Waals surface area contributed by atoms with Crippen LogP contribution in [0.25, 0.3) is 0 Å². The largest absolute Gasteiger partial charge is 0.365 e. The maximum atomic E-state index is 11.6. The summed E-state index contributed by atoms with van der Waals surface area (Å²) in [5.74, 6) is 1.40. The zero-order chi connectivity index (χ0) is 15.5. The average molecular weight is 303 g/mol. The summed E-state index contributed by atoms with van der Waals surface area (Å²) in [6, 6.07) is 0.493. The van der Waals surface area contributed by atoms with Crippen molar-refractivity contribution in [1.29, 1.82) is 0 Å². The molecule has 0 radical (unpaired) electrons. The van der Waals surface area contributed by atoms with E-state index in [2.05, 4.69) is 15.3 Å². The summed E-state index contributed by atoms with van der Waals surface area (Å²) in [7, 11) is 0. The minimum absolute atomic E-state index is 0.441. The van der Waals surface area contributed by atoms with E-state index in [1.54, 1.807) is 6.20 Å². The van der Waals surface area contributed by atoms with Crippen molar-refractivity contribution in [3.8, 4) is 0 Å². The van der Waals surface area contributed by atoms with Gasteiger partial charge in [0.25, 0.3) is 5.91 Å². The molecule has 120 valence electrons. The van der Waals surface area contributed by atoms with Crippen molar-refractivity contribution in [1.82, 2.24) is 9.97 Å². The molecule has 2 fully saturated rings. The number of primary amides is 1. The van der Waals surface area contributed by atoms with Crippen LogP contribution in [0.3, 0.4) is 0 Å². The standard InChI is InChI=1S/C16H25N5O/c17-8-11-3-1-10(2-4-11)7-14-13(15(18)22)9-19-16(21-14)20-12-5-6-12/h9-12H,1-8,17H2,(H2,18,22)(H,19,20,21). The smallest absolute Gasteiger partial charge is 0.252 e. The first kappa shape index (κ1) is 15.2. The lowest BCUT2D eigenvalue weighted by Crippen LogP contribution is -2.24. The fourth-order valence-corrected chi connectivity index (χ4v) is 3.20. The molecule has 5 N–H and O–H groups in total. The molecule has 0 saturated heterocycles. The number of nitrogens with two attached hydrogens (primary N) is 2. The Morgan fingerprint density at radius 1 is 1.18 bits per heavy atom. The van der Waals surface area contributed by atoms with E-state index in [0.717, 1.165) is 31.5 Å². The van der Waals surface area contributed by atoms with Crippen molar-refractivity contribution in [2.45, 2.75) is 51.0 Å². The van der Waals surface area contributed by atoms with Gasteiger partial charge in [0.1, 0.15) is 0 Å². The molecule has 0 aromatic carbocycles. The third kappa shape index (κ3) is 3.74. The van der Waals surface area contributed by atoms with Gasteiger partial charge in [0.2, 0.25) is 5.95 Å². The number of rotatable bonds is 6. The Hall–Kier alpha value is -1.69. The van der Waals surface area contributed by atoms with E-state index in [1.165, 1.54) is 25.7 Å². The van der Waals surface area contributed by atoms with E-state index in [4.69, 9.17) is 11.5 Å². The van der Waals surface area contributed by atoms with Crippen LogP contribution in [0.2, 0.25) is 0 Å². The molecule has 6 heteroatoms. The number of carbonyl (C=O) groups is 1. The van der Waals surface area contributed by atoms with Crippen LogP contribution in [0.15, 0.2) is 6.20 Å². The van der Waals surface area contributed by atoms with Gasteiger partial charge >= 0.3 is 0 Å². The van der Waals surface area contributed by atoms with E-state index in [9.17, 15) is 4.79 Å². The van der Waals surface area contributed by atoms with Crippen LogP contribution in [0, 0.1) is 11.8 Å². The molecule has 0 aliphatic heterocycles. The fourth-order valence-electron chi connectivity index (χ4n) is 3.20. The van der Waals surface area contributed by atoms with Crippen molar-refractivity contribution < 1.29 is 4.79 Å². The summed E-state index contributed by atoms with van der Waals surface area (Å²) in [5.41, 5.74) is 12.5. The zero-order valence-corrected chi connectivity index (χ0v) is 12.9. The van der Waals surface area contributed by atoms with E-state index < -0.39 is 5.91 Å². The molecule has 0 bridgehead atoms. The molecule has 6 nitrogen and oxygen atoms in total. The van der Waals surface area contributed by atoms with Crippen LogP contribution in [-0.2, 0) is 6.42 Å². The van der Waals surface area contributed by atoms with Crippen LogP contribution in [-0.4, -0.2) is 28.5 Å². The predicted octanol–water partition coefficient (Wildman–Crippen LogP) is 1.46. The second kappa shape index (κ2) is 6.60. The maximum absolute atomic E-state index is 11.6. The number of nitrogens with zero attached hydrogens (tertiary/aromatic N) is 2. The zero-order valence-electron chi connectivity index (χ0n) is 12.9. The molecule has 1 amide bonds. The molecule has 3 rings (SSSR count). The van der Waals surface area contributed by atoms with E-state index in [-0.39, 0.29) is 0 Å². The molecule has 22 heavy (non-hydrogen) atoms. The Morgan fingerprint density at radius 3 is 2.45 bits per heavy atom. The highest BCUT2D eigenvalue weighted by atomic mass is 16.1. The molecular weight excluding hydrogens is 278 g/mol. The van der Waals surface area contributed by atoms with Gasteiger partial charge in [-0.1, -0.05) is 0 Å². The van der Waals surface area contributed by atoms with Gasteiger partial charge in [0.05, 0.1) is 11.3 Å². The molecule has 0 spiro atoms. The number of hydrogen-bond donors (Lipinski definition) is 3. The summed E-state index contributed by atoms with van der Waals surface area (Å²) >= 11 is 0. The summed E-state index contributed by atoms with van der Waals surface area (Å²) < 4.78 is 0. The number of nitrogens with one attached hydrogen (secondary N) is 1. The lowest BCUT2D eigenvalue weighted by molar-refractivity contribution is 0.0998. The van der Waals surface area contributed by atoms with Crippen molar-refractivity contribution in [3.05, 3.63) is 17.5 Å². The van der Waals surface area contributed by atoms with Gasteiger partial charge in [0.15, 0.2) is 0 Å². The summed E-state index contributed by atoms with van der Waals surface area (Å²) in [6.45, 7) is 0.780. The summed E-state index contributed by atoms with van der Waals surface area (Å²) in [6.07, 6.45) is 9.35. The van der Waals surface area contributed by atoms with Gasteiger partial charge in [-0.3, -0.25) is 4.79 Å². The number of carbonyl (C=O) groups excluding carboxylic acids is 1. The second-order valence-electron chi connectivity index (χ2n) is 6.66. The van der Waals surface area contributed by atoms with Crippen molar-refractivity contribution in [3.63, 3.8) is 0 Å². The van der Waals surface area contributed by atoms with Crippen LogP contribution >= 0.6 is 0 Å². The average Bonchev–Trinajstić information content (AvgIpc) is 3.32. The molecule has 2 saturated carbocycles. The quantitative estimate of drug-likeness (QED) is 0.737. The molecule has 0 atom stereocenters. The van der Waals surface area contributed by atoms with Crippen molar-refractivity contribution in [2.24, 2.45) is 23.3 Å². The first-order valence-electron chi connectivity index (χ1n) is 8.28. The van der Waals surface area contributed by atoms with Gasteiger partial charge in [0, 0.05) is 12.2 Å². The van der Waals surface area contributed by atoms with Crippen LogP contribution in [0.5, 0.6) is 0 Å². The summed E-state index contributed by atoms with van der Waals surface area (Å²) in [4.78, 5) is 20.4. The van der Waals surface area contributed by atoms with E-state index >= 15 is 0 Å². The SMILES string of the molecule is NCC1CCC(Cc2nc(NC3CC3)ncc2C(N)=O)CC1. The normalized spacial score (nSPS) is 25.0. The van der Waals surface area contributed by atoms with Gasteiger partial charge in [-0.15, -0.1) is 0 Å². The summed E-state index contributed by atoms with van der Waals surface area (Å²) in [5, 5.41) is 3.28. The molecule has 2 aliphatic rings. The predicted molar refractivity (Wildman–Crippen MR) is 85.4 cm³/mol. The van der Waals surface area contributed by atoms with Gasteiger partial charge in [-0.05, 0) is 63.3 Å². The van der Waals surface area contributed by atoms with Crippen LogP contribution in [0.4, 0.5) is 5.95 Å².